The fourth-order valence-corrected chi connectivity index (χ4v) is 4.73. The number of ketones is 3. The lowest BCUT2D eigenvalue weighted by molar-refractivity contribution is -0.177. The van der Waals surface area contributed by atoms with E-state index in [0.717, 1.165) is 39.8 Å². The molecule has 0 radical (unpaired) electrons. The quantitative estimate of drug-likeness (QED) is 0.141. The molecule has 230 valence electrons. The van der Waals surface area contributed by atoms with Gasteiger partial charge in [0.05, 0.1) is 6.04 Å². The second kappa shape index (κ2) is 14.2. The Morgan fingerprint density at radius 3 is 1.65 bits per heavy atom. The molecule has 0 saturated carbocycles. The van der Waals surface area contributed by atoms with Crippen LogP contribution < -0.4 is 5.32 Å². The number of hydrogen-bond acceptors (Lipinski definition) is 10. The number of aliphatic carboxylic acids is 1. The Bertz CT molecular complexity index is 978. The molecule has 0 fully saturated rings. The maximum absolute atomic E-state index is 14.9. The minimum absolute atomic E-state index is 0.0709. The Morgan fingerprint density at radius 1 is 0.850 bits per heavy atom. The maximum Gasteiger partial charge on any atom is 0.343 e. The van der Waals surface area contributed by atoms with Gasteiger partial charge in [-0.15, -0.1) is 0 Å². The van der Waals surface area contributed by atoms with Crippen molar-refractivity contribution in [1.29, 1.82) is 0 Å². The van der Waals surface area contributed by atoms with Crippen molar-refractivity contribution in [3.63, 3.8) is 0 Å². The monoisotopic (exact) mass is 573 g/mol. The molecular weight excluding hydrogens is 526 g/mol. The molecule has 0 rings (SSSR count). The highest BCUT2D eigenvalue weighted by molar-refractivity contribution is 6.29. The summed E-state index contributed by atoms with van der Waals surface area (Å²) in [7, 11) is 3.54. The first kappa shape index (κ1) is 37.3. The number of nitrogens with zero attached hydrogens (tertiary/aromatic N) is 2. The lowest BCUT2D eigenvalue weighted by atomic mass is 9.67. The van der Waals surface area contributed by atoms with Crippen molar-refractivity contribution in [1.82, 2.24) is 15.1 Å². The molecule has 0 aromatic rings. The number of rotatable bonds is 17. The molecule has 13 nitrogen and oxygen atoms in total. The van der Waals surface area contributed by atoms with Gasteiger partial charge in [0.1, 0.15) is 12.2 Å². The number of hydrogen-bond donors (Lipinski definition) is 5. The number of carboxylic acids is 1. The molecule has 0 heterocycles. The number of carbonyl (C=O) groups excluding carboxylic acids is 5. The van der Waals surface area contributed by atoms with E-state index in [0.29, 0.717) is 18.2 Å². The van der Waals surface area contributed by atoms with E-state index in [1.807, 2.05) is 13.8 Å². The first-order chi connectivity index (χ1) is 18.1. The summed E-state index contributed by atoms with van der Waals surface area (Å²) < 4.78 is 0. The fraction of sp³-hybridized carbons (Fsp3) is 0.778. The Kier molecular flexibility index (Phi) is 13.3. The maximum atomic E-state index is 14.9. The van der Waals surface area contributed by atoms with Crippen LogP contribution in [0.4, 0.5) is 0 Å². The zero-order valence-electron chi connectivity index (χ0n) is 25.3. The summed E-state index contributed by atoms with van der Waals surface area (Å²) in [6.45, 7) is 9.09. The van der Waals surface area contributed by atoms with Crippen LogP contribution in [0.25, 0.3) is 0 Å². The van der Waals surface area contributed by atoms with Gasteiger partial charge >= 0.3 is 5.97 Å². The van der Waals surface area contributed by atoms with Crippen molar-refractivity contribution >= 4 is 35.1 Å². The predicted molar refractivity (Wildman–Crippen MR) is 145 cm³/mol. The average molecular weight is 574 g/mol. The molecule has 0 spiro atoms. The van der Waals surface area contributed by atoms with Crippen molar-refractivity contribution in [2.24, 2.45) is 5.92 Å². The molecule has 6 atom stereocenters. The second-order valence-corrected chi connectivity index (χ2v) is 11.1. The van der Waals surface area contributed by atoms with E-state index in [9.17, 15) is 49.2 Å². The van der Waals surface area contributed by atoms with Crippen molar-refractivity contribution in [2.75, 3.05) is 21.1 Å². The van der Waals surface area contributed by atoms with Crippen molar-refractivity contribution < 1.29 is 49.2 Å². The van der Waals surface area contributed by atoms with Gasteiger partial charge in [-0.25, -0.2) is 4.79 Å². The van der Waals surface area contributed by atoms with E-state index in [4.69, 9.17) is 0 Å². The van der Waals surface area contributed by atoms with Crippen LogP contribution in [0.5, 0.6) is 0 Å². The smallest absolute Gasteiger partial charge is 0.343 e. The molecule has 0 bridgehead atoms. The molecule has 0 aromatic heterocycles. The third kappa shape index (κ3) is 7.12. The van der Waals surface area contributed by atoms with Crippen LogP contribution in [-0.2, 0) is 28.8 Å². The van der Waals surface area contributed by atoms with Crippen LogP contribution in [0.2, 0.25) is 0 Å². The SMILES string of the molecule is CCCC[C@@](C(=O)[C@H](CC(C)C)NC)(C(=O)[C@](C)(C(=O)[C@](C)(O)C(=O)O)N(C)C(=O)[C@@H](C)O)N(C)C(=O)[C@@H](C)O. The fourth-order valence-electron chi connectivity index (χ4n) is 4.73. The minimum Gasteiger partial charge on any atom is -0.479 e. The number of Topliss-reactive ketones (excluding diaryl/α,β-unsaturated/α-hetero) is 3. The summed E-state index contributed by atoms with van der Waals surface area (Å²) in [6, 6.07) is -1.04. The Hall–Kier alpha value is -2.74. The number of amides is 2. The number of carbonyl (C=O) groups is 6. The van der Waals surface area contributed by atoms with Crippen molar-refractivity contribution in [3.05, 3.63) is 0 Å². The van der Waals surface area contributed by atoms with Crippen LogP contribution in [0.3, 0.4) is 0 Å². The van der Waals surface area contributed by atoms with E-state index >= 15 is 0 Å². The number of nitrogens with one attached hydrogen (secondary N) is 1. The molecule has 13 heteroatoms. The Labute approximate surface area is 235 Å². The zero-order valence-corrected chi connectivity index (χ0v) is 25.3. The van der Waals surface area contributed by atoms with Gasteiger partial charge in [0.25, 0.3) is 11.8 Å². The number of aliphatic hydroxyl groups is 3. The summed E-state index contributed by atoms with van der Waals surface area (Å²) in [5, 5.41) is 43.3. The molecule has 0 aliphatic heterocycles. The number of unbranched alkanes of at least 4 members (excludes halogenated alkanes) is 1. The highest BCUT2D eigenvalue weighted by Crippen LogP contribution is 2.36. The topological polar surface area (TPSA) is 202 Å². The molecule has 40 heavy (non-hydrogen) atoms. The Morgan fingerprint density at radius 2 is 1.30 bits per heavy atom. The van der Waals surface area contributed by atoms with Gasteiger partial charge < -0.3 is 35.5 Å². The molecule has 0 aliphatic rings. The molecule has 2 amide bonds. The van der Waals surface area contributed by atoms with E-state index in [1.165, 1.54) is 7.05 Å². The van der Waals surface area contributed by atoms with Crippen molar-refractivity contribution in [3.8, 4) is 0 Å². The highest BCUT2D eigenvalue weighted by Gasteiger charge is 2.65. The first-order valence-electron chi connectivity index (χ1n) is 13.3. The summed E-state index contributed by atoms with van der Waals surface area (Å²) in [4.78, 5) is 82.4. The lowest BCUT2D eigenvalue weighted by Crippen LogP contribution is -2.76. The van der Waals surface area contributed by atoms with Gasteiger partial charge in [0.2, 0.25) is 11.4 Å². The highest BCUT2D eigenvalue weighted by atomic mass is 16.4. The minimum atomic E-state index is -3.22. The Balaban J connectivity index is 7.99. The zero-order chi connectivity index (χ0) is 32.0. The molecular formula is C27H47N3O10. The molecule has 5 N–H and O–H groups in total. The predicted octanol–water partition coefficient (Wildman–Crippen LogP) is -0.470. The second-order valence-electron chi connectivity index (χ2n) is 11.1. The molecule has 0 unspecified atom stereocenters. The number of likely N-dealkylation sites (N-methyl/N-ethyl adjacent to an activating group) is 3. The average Bonchev–Trinajstić information content (AvgIpc) is 2.88. The van der Waals surface area contributed by atoms with Gasteiger partial charge in [-0.1, -0.05) is 33.6 Å². The van der Waals surface area contributed by atoms with E-state index in [-0.39, 0.29) is 25.2 Å². The largest absolute Gasteiger partial charge is 0.479 e. The van der Waals surface area contributed by atoms with Gasteiger partial charge in [-0.3, -0.25) is 24.0 Å². The number of carboxylic acid groups (broad SMARTS) is 1. The van der Waals surface area contributed by atoms with Gasteiger partial charge in [-0.2, -0.15) is 0 Å². The lowest BCUT2D eigenvalue weighted by Gasteiger charge is -2.49. The standard InChI is InChI=1S/C27H47N3O10/c1-11-12-13-27(30(10)21(35)17(5)32,19(33)18(28-8)14-15(2)3)23(37)25(6,29(9)20(34)16(4)31)22(36)26(7,40)24(38)39/h15-18,28,31-32,40H,11-14H2,1-10H3,(H,38,39)/t16-,17-,18+,25+,26+,27-/m1/s1. The molecule has 0 aliphatic carbocycles. The van der Waals surface area contributed by atoms with Crippen molar-refractivity contribution in [2.45, 2.75) is 109 Å². The first-order valence-corrected chi connectivity index (χ1v) is 13.3. The van der Waals surface area contributed by atoms with Crippen LogP contribution in [0, 0.1) is 5.92 Å². The van der Waals surface area contributed by atoms with Gasteiger partial charge in [-0.05, 0) is 53.5 Å². The van der Waals surface area contributed by atoms with E-state index < -0.39 is 70.1 Å². The van der Waals surface area contributed by atoms with Gasteiger partial charge in [0.15, 0.2) is 22.6 Å². The third-order valence-corrected chi connectivity index (χ3v) is 7.41. The van der Waals surface area contributed by atoms with Crippen LogP contribution >= 0.6 is 0 Å². The summed E-state index contributed by atoms with van der Waals surface area (Å²) >= 11 is 0. The van der Waals surface area contributed by atoms with Crippen LogP contribution in [0.15, 0.2) is 0 Å². The number of aliphatic hydroxyl groups excluding tert-OH is 2. The summed E-state index contributed by atoms with van der Waals surface area (Å²) in [6.07, 6.45) is -2.99. The summed E-state index contributed by atoms with van der Waals surface area (Å²) in [5.41, 5.74) is -8.59. The normalized spacial score (nSPS) is 18.4. The summed E-state index contributed by atoms with van der Waals surface area (Å²) in [5.74, 6) is -8.18. The van der Waals surface area contributed by atoms with Crippen LogP contribution in [0.1, 0.15) is 74.1 Å². The van der Waals surface area contributed by atoms with Crippen LogP contribution in [-0.4, -0.2) is 121 Å². The van der Waals surface area contributed by atoms with E-state index in [2.05, 4.69) is 5.32 Å². The third-order valence-electron chi connectivity index (χ3n) is 7.41. The van der Waals surface area contributed by atoms with E-state index in [1.54, 1.807) is 6.92 Å². The van der Waals surface area contributed by atoms with Gasteiger partial charge in [0, 0.05) is 14.1 Å². The molecule has 0 aromatic carbocycles. The molecule has 0 saturated heterocycles.